The minimum atomic E-state index is -5.20. The number of rotatable bonds is 6. The first-order chi connectivity index (χ1) is 17.2. The number of benzene rings is 2. The second kappa shape index (κ2) is 11.7. The molecule has 0 fully saturated rings. The molecule has 0 saturated heterocycles. The van der Waals surface area contributed by atoms with Crippen molar-refractivity contribution in [1.29, 1.82) is 0 Å². The van der Waals surface area contributed by atoms with Gasteiger partial charge in [-0.1, -0.05) is 40.9 Å². The summed E-state index contributed by atoms with van der Waals surface area (Å²) in [6.45, 7) is 3.85. The van der Waals surface area contributed by atoms with Crippen molar-refractivity contribution in [3.63, 3.8) is 0 Å². The Kier molecular flexibility index (Phi) is 9.77. The molecule has 0 aliphatic rings. The molecule has 1 N–H and O–H groups in total. The molecule has 0 spiro atoms. The smallest absolute Gasteiger partial charge is 0.417 e. The summed E-state index contributed by atoms with van der Waals surface area (Å²) in [4.78, 5) is 24.1. The van der Waals surface area contributed by atoms with Crippen molar-refractivity contribution < 1.29 is 45.1 Å². The number of alkyl halides is 6. The zero-order valence-corrected chi connectivity index (χ0v) is 22.0. The monoisotopic (exact) mass is 607 g/mol. The molecule has 0 aliphatic carbocycles. The minimum absolute atomic E-state index is 0.0492. The van der Waals surface area contributed by atoms with Crippen molar-refractivity contribution in [3.05, 3.63) is 73.7 Å². The SMILES string of the molecule is CC(C)(C)OC(=O)CNC(=O)c1ccc(/C(F)=C/C(c2cc(Cl)c(Cl)c(Cl)c2)C(F)(F)F)cc1C(F)(F)F. The summed E-state index contributed by atoms with van der Waals surface area (Å²) >= 11 is 17.3. The first-order valence-corrected chi connectivity index (χ1v) is 11.6. The van der Waals surface area contributed by atoms with Crippen LogP contribution in [0.4, 0.5) is 30.7 Å². The molecular weight excluding hydrogens is 590 g/mol. The summed E-state index contributed by atoms with van der Waals surface area (Å²) in [6, 6.07) is 3.06. The number of carbonyl (C=O) groups excluding carboxylic acids is 2. The third-order valence-electron chi connectivity index (χ3n) is 4.69. The lowest BCUT2D eigenvalue weighted by atomic mass is 9.95. The topological polar surface area (TPSA) is 55.4 Å². The van der Waals surface area contributed by atoms with Gasteiger partial charge in [0.05, 0.1) is 26.2 Å². The maximum atomic E-state index is 14.9. The van der Waals surface area contributed by atoms with Crippen molar-refractivity contribution >= 4 is 52.5 Å². The van der Waals surface area contributed by atoms with E-state index in [-0.39, 0.29) is 27.2 Å². The molecular formula is C24H19Cl3F7NO3. The fraction of sp³-hybridized carbons (Fsp3) is 0.333. The predicted molar refractivity (Wildman–Crippen MR) is 129 cm³/mol. The Hall–Kier alpha value is -2.50. The van der Waals surface area contributed by atoms with Crippen LogP contribution in [-0.4, -0.2) is 30.2 Å². The van der Waals surface area contributed by atoms with Gasteiger partial charge in [0, 0.05) is 5.56 Å². The van der Waals surface area contributed by atoms with E-state index in [1.165, 1.54) is 20.8 Å². The molecule has 38 heavy (non-hydrogen) atoms. The van der Waals surface area contributed by atoms with E-state index >= 15 is 0 Å². The van der Waals surface area contributed by atoms with Gasteiger partial charge in [0.2, 0.25) is 0 Å². The molecule has 14 heteroatoms. The Balaban J connectivity index is 2.46. The molecule has 0 radical (unpaired) electrons. The van der Waals surface area contributed by atoms with E-state index in [1.54, 1.807) is 0 Å². The number of allylic oxidation sites excluding steroid dienone is 1. The second-order valence-corrected chi connectivity index (χ2v) is 10.1. The molecule has 0 heterocycles. The first kappa shape index (κ1) is 31.7. The van der Waals surface area contributed by atoms with Gasteiger partial charge in [-0.3, -0.25) is 9.59 Å². The van der Waals surface area contributed by atoms with E-state index in [9.17, 15) is 40.3 Å². The van der Waals surface area contributed by atoms with E-state index < -0.39 is 70.4 Å². The summed E-state index contributed by atoms with van der Waals surface area (Å²) in [6.07, 6.45) is -10.2. The Bertz CT molecular complexity index is 1230. The van der Waals surface area contributed by atoms with Gasteiger partial charge in [-0.15, -0.1) is 0 Å². The van der Waals surface area contributed by atoms with Gasteiger partial charge in [-0.25, -0.2) is 4.39 Å². The van der Waals surface area contributed by atoms with Crippen LogP contribution in [0.15, 0.2) is 36.4 Å². The number of esters is 1. The van der Waals surface area contributed by atoms with E-state index in [0.29, 0.717) is 12.1 Å². The summed E-state index contributed by atoms with van der Waals surface area (Å²) in [5, 5.41) is 1.03. The highest BCUT2D eigenvalue weighted by molar-refractivity contribution is 6.48. The summed E-state index contributed by atoms with van der Waals surface area (Å²) < 4.78 is 102. The molecule has 0 aliphatic heterocycles. The van der Waals surface area contributed by atoms with Gasteiger partial charge in [-0.2, -0.15) is 26.3 Å². The van der Waals surface area contributed by atoms with Crippen LogP contribution < -0.4 is 5.32 Å². The van der Waals surface area contributed by atoms with Crippen LogP contribution >= 0.6 is 34.8 Å². The molecule has 2 rings (SSSR count). The third kappa shape index (κ3) is 8.51. The number of nitrogens with one attached hydrogen (secondary N) is 1. The highest BCUT2D eigenvalue weighted by Crippen LogP contribution is 2.42. The van der Waals surface area contributed by atoms with Crippen LogP contribution in [0.3, 0.4) is 0 Å². The first-order valence-electron chi connectivity index (χ1n) is 10.5. The summed E-state index contributed by atoms with van der Waals surface area (Å²) in [5.41, 5.74) is -5.04. The molecule has 2 aromatic carbocycles. The van der Waals surface area contributed by atoms with Crippen LogP contribution in [0.25, 0.3) is 5.83 Å². The third-order valence-corrected chi connectivity index (χ3v) is 5.89. The second-order valence-electron chi connectivity index (χ2n) is 8.86. The number of hydrogen-bond acceptors (Lipinski definition) is 3. The quantitative estimate of drug-likeness (QED) is 0.204. The molecule has 1 unspecified atom stereocenters. The van der Waals surface area contributed by atoms with Crippen LogP contribution in [0.1, 0.15) is 53.7 Å². The van der Waals surface area contributed by atoms with Crippen molar-refractivity contribution in [3.8, 4) is 0 Å². The predicted octanol–water partition coefficient (Wildman–Crippen LogP) is 8.39. The van der Waals surface area contributed by atoms with E-state index in [2.05, 4.69) is 0 Å². The Morgan fingerprint density at radius 1 is 0.974 bits per heavy atom. The van der Waals surface area contributed by atoms with Gasteiger partial charge >= 0.3 is 18.3 Å². The van der Waals surface area contributed by atoms with Gasteiger partial charge in [0.1, 0.15) is 23.9 Å². The lowest BCUT2D eigenvalue weighted by molar-refractivity contribution is -0.153. The minimum Gasteiger partial charge on any atom is -0.459 e. The van der Waals surface area contributed by atoms with Crippen LogP contribution in [0, 0.1) is 0 Å². The maximum Gasteiger partial charge on any atom is 0.417 e. The van der Waals surface area contributed by atoms with Gasteiger partial charge < -0.3 is 10.1 Å². The van der Waals surface area contributed by atoms with E-state index in [1.807, 2.05) is 5.32 Å². The zero-order chi connectivity index (χ0) is 29.2. The maximum absolute atomic E-state index is 14.9. The molecule has 0 saturated carbocycles. The molecule has 1 amide bonds. The summed E-state index contributed by atoms with van der Waals surface area (Å²) in [5.74, 6) is -6.58. The molecule has 0 aromatic heterocycles. The zero-order valence-electron chi connectivity index (χ0n) is 19.8. The largest absolute Gasteiger partial charge is 0.459 e. The lowest BCUT2D eigenvalue weighted by Gasteiger charge is -2.20. The van der Waals surface area contributed by atoms with Crippen molar-refractivity contribution in [2.75, 3.05) is 6.54 Å². The van der Waals surface area contributed by atoms with E-state index in [4.69, 9.17) is 39.5 Å². The van der Waals surface area contributed by atoms with Gasteiger partial charge in [0.25, 0.3) is 5.91 Å². The number of hydrogen-bond donors (Lipinski definition) is 1. The molecule has 4 nitrogen and oxygen atoms in total. The van der Waals surface area contributed by atoms with Gasteiger partial charge in [-0.05, 0) is 56.7 Å². The number of amides is 1. The molecule has 2 aromatic rings. The highest BCUT2D eigenvalue weighted by atomic mass is 35.5. The molecule has 208 valence electrons. The average Bonchev–Trinajstić information content (AvgIpc) is 2.76. The fourth-order valence-electron chi connectivity index (χ4n) is 3.13. The molecule has 0 bridgehead atoms. The Labute approximate surface area is 227 Å². The Morgan fingerprint density at radius 3 is 2.00 bits per heavy atom. The number of carbonyl (C=O) groups is 2. The highest BCUT2D eigenvalue weighted by Gasteiger charge is 2.41. The Morgan fingerprint density at radius 2 is 1.53 bits per heavy atom. The van der Waals surface area contributed by atoms with Crippen LogP contribution in [0.5, 0.6) is 0 Å². The van der Waals surface area contributed by atoms with Crippen LogP contribution in [0.2, 0.25) is 15.1 Å². The van der Waals surface area contributed by atoms with Crippen molar-refractivity contribution in [2.45, 2.75) is 44.6 Å². The van der Waals surface area contributed by atoms with Gasteiger partial charge in [0.15, 0.2) is 0 Å². The standard InChI is InChI=1S/C24H19Cl3F7NO3/c1-22(2,3)38-19(36)10-35-21(37)13-5-4-11(6-15(13)24(32,33)34)18(28)9-14(23(29,30)31)12-7-16(25)20(27)17(26)8-12/h4-9,14H,10H2,1-3H3,(H,35,37)/b18-9-. The van der Waals surface area contributed by atoms with E-state index in [0.717, 1.165) is 12.1 Å². The summed E-state index contributed by atoms with van der Waals surface area (Å²) in [7, 11) is 0. The van der Waals surface area contributed by atoms with Crippen molar-refractivity contribution in [2.24, 2.45) is 0 Å². The van der Waals surface area contributed by atoms with Crippen LogP contribution in [-0.2, 0) is 15.7 Å². The average molecular weight is 609 g/mol. The normalized spacial score (nSPS) is 13.8. The number of halogens is 10. The molecule has 1 atom stereocenters. The number of ether oxygens (including phenoxy) is 1. The lowest BCUT2D eigenvalue weighted by Crippen LogP contribution is -2.35. The van der Waals surface area contributed by atoms with Crippen molar-refractivity contribution in [1.82, 2.24) is 5.32 Å². The fourth-order valence-corrected chi connectivity index (χ4v) is 3.74.